The fourth-order valence-corrected chi connectivity index (χ4v) is 2.68. The first-order valence-corrected chi connectivity index (χ1v) is 9.16. The molecule has 1 aromatic carbocycles. The third-order valence-electron chi connectivity index (χ3n) is 4.11. The summed E-state index contributed by atoms with van der Waals surface area (Å²) in [6.07, 6.45) is 13.8. The van der Waals surface area contributed by atoms with Crippen LogP contribution in [0.25, 0.3) is 0 Å². The molecule has 2 heteroatoms. The fourth-order valence-electron chi connectivity index (χ4n) is 2.68. The smallest absolute Gasteiger partial charge is 0.313 e. The molecule has 1 atom stereocenters. The standard InChI is InChI=1S/C21H32O2/c1-3-5-6-7-8-9-10-11-15-18-23-21(22)20(4-2)19-16-13-12-14-17-19/h11-17,20H,3-10,18H2,1-2H3/b15-11+. The van der Waals surface area contributed by atoms with Gasteiger partial charge in [-0.1, -0.05) is 88.4 Å². The van der Waals surface area contributed by atoms with E-state index in [1.54, 1.807) is 0 Å². The molecule has 1 unspecified atom stereocenters. The zero-order chi connectivity index (χ0) is 16.8. The summed E-state index contributed by atoms with van der Waals surface area (Å²) in [7, 11) is 0. The van der Waals surface area contributed by atoms with Crippen molar-refractivity contribution >= 4 is 5.97 Å². The second kappa shape index (κ2) is 12.9. The zero-order valence-electron chi connectivity index (χ0n) is 14.8. The quantitative estimate of drug-likeness (QED) is 0.267. The molecular formula is C21H32O2. The minimum absolute atomic E-state index is 0.122. The van der Waals surface area contributed by atoms with Crippen molar-refractivity contribution < 1.29 is 9.53 Å². The van der Waals surface area contributed by atoms with Gasteiger partial charge in [0.1, 0.15) is 6.61 Å². The highest BCUT2D eigenvalue weighted by Crippen LogP contribution is 2.20. The van der Waals surface area contributed by atoms with Crippen LogP contribution in [0, 0.1) is 0 Å². The van der Waals surface area contributed by atoms with Crippen LogP contribution in [0.2, 0.25) is 0 Å². The Morgan fingerprint density at radius 1 is 1.00 bits per heavy atom. The van der Waals surface area contributed by atoms with Gasteiger partial charge < -0.3 is 4.74 Å². The Kier molecular flexibility index (Phi) is 10.9. The molecule has 0 aliphatic carbocycles. The number of hydrogen-bond donors (Lipinski definition) is 0. The van der Waals surface area contributed by atoms with Gasteiger partial charge in [0.15, 0.2) is 0 Å². The third-order valence-corrected chi connectivity index (χ3v) is 4.11. The second-order valence-corrected chi connectivity index (χ2v) is 6.03. The molecule has 0 N–H and O–H groups in total. The second-order valence-electron chi connectivity index (χ2n) is 6.03. The van der Waals surface area contributed by atoms with Gasteiger partial charge in [-0.15, -0.1) is 0 Å². The molecule has 0 aromatic heterocycles. The number of rotatable bonds is 12. The van der Waals surface area contributed by atoms with Crippen LogP contribution in [0.5, 0.6) is 0 Å². The molecule has 23 heavy (non-hydrogen) atoms. The van der Waals surface area contributed by atoms with E-state index >= 15 is 0 Å². The van der Waals surface area contributed by atoms with Gasteiger partial charge in [-0.25, -0.2) is 0 Å². The lowest BCUT2D eigenvalue weighted by molar-refractivity contribution is -0.144. The summed E-state index contributed by atoms with van der Waals surface area (Å²) >= 11 is 0. The van der Waals surface area contributed by atoms with Crippen molar-refractivity contribution in [3.63, 3.8) is 0 Å². The number of unbranched alkanes of at least 4 members (excludes halogenated alkanes) is 6. The largest absolute Gasteiger partial charge is 0.461 e. The maximum absolute atomic E-state index is 12.2. The Bertz CT molecular complexity index is 436. The summed E-state index contributed by atoms with van der Waals surface area (Å²) in [6.45, 7) is 4.65. The molecule has 0 bridgehead atoms. The van der Waals surface area contributed by atoms with Crippen LogP contribution in [0.3, 0.4) is 0 Å². The molecule has 0 saturated heterocycles. The van der Waals surface area contributed by atoms with Gasteiger partial charge in [0.25, 0.3) is 0 Å². The van der Waals surface area contributed by atoms with Crippen molar-refractivity contribution in [2.75, 3.05) is 6.61 Å². The molecule has 2 nitrogen and oxygen atoms in total. The minimum Gasteiger partial charge on any atom is -0.461 e. The van der Waals surface area contributed by atoms with Crippen LogP contribution in [-0.2, 0) is 9.53 Å². The van der Waals surface area contributed by atoms with E-state index in [0.29, 0.717) is 6.61 Å². The lowest BCUT2D eigenvalue weighted by Crippen LogP contribution is -2.15. The summed E-state index contributed by atoms with van der Waals surface area (Å²) in [6, 6.07) is 9.87. The van der Waals surface area contributed by atoms with E-state index in [-0.39, 0.29) is 11.9 Å². The lowest BCUT2D eigenvalue weighted by atomic mass is 9.97. The molecule has 0 heterocycles. The molecule has 0 aliphatic rings. The van der Waals surface area contributed by atoms with Crippen LogP contribution in [-0.4, -0.2) is 12.6 Å². The predicted octanol–water partition coefficient (Wildman–Crippen LogP) is 6.03. The van der Waals surface area contributed by atoms with Crippen molar-refractivity contribution in [2.24, 2.45) is 0 Å². The number of benzene rings is 1. The third kappa shape index (κ3) is 8.59. The number of carbonyl (C=O) groups excluding carboxylic acids is 1. The molecule has 128 valence electrons. The topological polar surface area (TPSA) is 26.3 Å². The Morgan fingerprint density at radius 2 is 1.70 bits per heavy atom. The molecule has 0 saturated carbocycles. The Balaban J connectivity index is 2.16. The number of ether oxygens (including phenoxy) is 1. The fraction of sp³-hybridized carbons (Fsp3) is 0.571. The highest BCUT2D eigenvalue weighted by Gasteiger charge is 2.19. The maximum atomic E-state index is 12.2. The summed E-state index contributed by atoms with van der Waals surface area (Å²) in [5.41, 5.74) is 1.04. The van der Waals surface area contributed by atoms with Crippen LogP contribution in [0.1, 0.15) is 76.7 Å². The van der Waals surface area contributed by atoms with Gasteiger partial charge in [-0.3, -0.25) is 4.79 Å². The van der Waals surface area contributed by atoms with E-state index in [1.165, 1.54) is 38.5 Å². The molecule has 0 radical (unpaired) electrons. The first-order valence-electron chi connectivity index (χ1n) is 9.16. The summed E-state index contributed by atoms with van der Waals surface area (Å²) in [5.74, 6) is -0.272. The van der Waals surface area contributed by atoms with Crippen LogP contribution in [0.15, 0.2) is 42.5 Å². The molecule has 0 amide bonds. The number of esters is 1. The predicted molar refractivity (Wildman–Crippen MR) is 97.6 cm³/mol. The number of carbonyl (C=O) groups is 1. The van der Waals surface area contributed by atoms with E-state index in [9.17, 15) is 4.79 Å². The molecule has 1 rings (SSSR count). The van der Waals surface area contributed by atoms with E-state index in [1.807, 2.05) is 43.3 Å². The summed E-state index contributed by atoms with van der Waals surface area (Å²) < 4.78 is 5.38. The monoisotopic (exact) mass is 316 g/mol. The molecule has 0 fully saturated rings. The van der Waals surface area contributed by atoms with Crippen molar-refractivity contribution in [3.8, 4) is 0 Å². The first-order chi connectivity index (χ1) is 11.3. The summed E-state index contributed by atoms with van der Waals surface area (Å²) in [5, 5.41) is 0. The van der Waals surface area contributed by atoms with Crippen molar-refractivity contribution in [1.29, 1.82) is 0 Å². The van der Waals surface area contributed by atoms with Gasteiger partial charge in [0.05, 0.1) is 5.92 Å². The van der Waals surface area contributed by atoms with E-state index in [0.717, 1.165) is 18.4 Å². The average Bonchev–Trinajstić information content (AvgIpc) is 2.58. The average molecular weight is 316 g/mol. The normalized spacial score (nSPS) is 12.4. The lowest BCUT2D eigenvalue weighted by Gasteiger charge is -2.13. The molecular weight excluding hydrogens is 284 g/mol. The highest BCUT2D eigenvalue weighted by molar-refractivity contribution is 5.78. The van der Waals surface area contributed by atoms with Gasteiger partial charge in [0, 0.05) is 0 Å². The van der Waals surface area contributed by atoms with Crippen molar-refractivity contribution in [1.82, 2.24) is 0 Å². The highest BCUT2D eigenvalue weighted by atomic mass is 16.5. The summed E-state index contributed by atoms with van der Waals surface area (Å²) in [4.78, 5) is 12.2. The zero-order valence-corrected chi connectivity index (χ0v) is 14.8. The number of allylic oxidation sites excluding steroid dienone is 1. The van der Waals surface area contributed by atoms with Crippen LogP contribution in [0.4, 0.5) is 0 Å². The number of hydrogen-bond acceptors (Lipinski definition) is 2. The Hall–Kier alpha value is -1.57. The van der Waals surface area contributed by atoms with Gasteiger partial charge >= 0.3 is 5.97 Å². The minimum atomic E-state index is -0.150. The van der Waals surface area contributed by atoms with Gasteiger partial charge in [-0.2, -0.15) is 0 Å². The molecule has 0 spiro atoms. The van der Waals surface area contributed by atoms with E-state index < -0.39 is 0 Å². The first kappa shape index (κ1) is 19.5. The maximum Gasteiger partial charge on any atom is 0.313 e. The SMILES string of the molecule is CCCCCCCC/C=C/COC(=O)C(CC)c1ccccc1. The van der Waals surface area contributed by atoms with Gasteiger partial charge in [0.2, 0.25) is 0 Å². The van der Waals surface area contributed by atoms with Crippen molar-refractivity contribution in [3.05, 3.63) is 48.0 Å². The molecule has 0 aliphatic heterocycles. The van der Waals surface area contributed by atoms with Crippen LogP contribution < -0.4 is 0 Å². The van der Waals surface area contributed by atoms with Gasteiger partial charge in [-0.05, 0) is 24.8 Å². The molecule has 1 aromatic rings. The Morgan fingerprint density at radius 3 is 2.39 bits per heavy atom. The van der Waals surface area contributed by atoms with E-state index in [2.05, 4.69) is 13.0 Å². The van der Waals surface area contributed by atoms with E-state index in [4.69, 9.17) is 4.74 Å². The Labute approximate surface area is 141 Å². The van der Waals surface area contributed by atoms with Crippen LogP contribution >= 0.6 is 0 Å². The van der Waals surface area contributed by atoms with Crippen molar-refractivity contribution in [2.45, 2.75) is 71.1 Å².